The van der Waals surface area contributed by atoms with Crippen LogP contribution in [0.3, 0.4) is 0 Å². The van der Waals surface area contributed by atoms with Crippen molar-refractivity contribution >= 4 is 11.6 Å². The van der Waals surface area contributed by atoms with E-state index in [9.17, 15) is 4.79 Å². The van der Waals surface area contributed by atoms with Gasteiger partial charge >= 0.3 is 0 Å². The van der Waals surface area contributed by atoms with Gasteiger partial charge in [-0.15, -0.1) is 0 Å². The van der Waals surface area contributed by atoms with Crippen molar-refractivity contribution in [3.05, 3.63) is 23.8 Å². The van der Waals surface area contributed by atoms with E-state index in [0.717, 1.165) is 32.5 Å². The molecule has 2 heterocycles. The molecular weight excluding hydrogens is 280 g/mol. The average molecular weight is 303 g/mol. The molecule has 0 spiro atoms. The van der Waals surface area contributed by atoms with E-state index in [1.165, 1.54) is 12.3 Å². The predicted octanol–water partition coefficient (Wildman–Crippen LogP) is 1.80. The highest BCUT2D eigenvalue weighted by molar-refractivity contribution is 6.01. The fourth-order valence-electron chi connectivity index (χ4n) is 3.35. The smallest absolute Gasteiger partial charge is 0.247 e. The zero-order valence-electron chi connectivity index (χ0n) is 13.3. The fraction of sp³-hybridized carbons (Fsp3) is 0.529. The molecule has 0 unspecified atom stereocenters. The molecule has 118 valence electrons. The third kappa shape index (κ3) is 2.80. The molecule has 3 rings (SSSR count). The molecule has 0 radical (unpaired) electrons. The Labute approximate surface area is 131 Å². The third-order valence-electron chi connectivity index (χ3n) is 4.46. The van der Waals surface area contributed by atoms with Crippen LogP contribution in [0.25, 0.3) is 0 Å². The monoisotopic (exact) mass is 303 g/mol. The minimum Gasteiger partial charge on any atom is -0.497 e. The number of benzene rings is 1. The summed E-state index contributed by atoms with van der Waals surface area (Å²) in [6.45, 7) is 3.66. The van der Waals surface area contributed by atoms with Crippen LogP contribution in [0, 0.1) is 0 Å². The molecule has 0 saturated carbocycles. The van der Waals surface area contributed by atoms with Crippen LogP contribution in [0.4, 0.5) is 0 Å². The SMILES string of the molecule is COc1ccc(C(=O)CN2CCC[N+]3=C2CCC3)c(OC)c1. The molecule has 1 aromatic rings. The van der Waals surface area contributed by atoms with Gasteiger partial charge in [0.25, 0.3) is 0 Å². The van der Waals surface area contributed by atoms with Gasteiger partial charge in [0, 0.05) is 12.5 Å². The van der Waals surface area contributed by atoms with Gasteiger partial charge in [-0.2, -0.15) is 0 Å². The molecular formula is C17H23N2O3+. The summed E-state index contributed by atoms with van der Waals surface area (Å²) in [5.41, 5.74) is 0.624. The normalized spacial score (nSPS) is 17.5. The number of carbonyl (C=O) groups excluding carboxylic acids is 1. The molecule has 22 heavy (non-hydrogen) atoms. The van der Waals surface area contributed by atoms with Gasteiger partial charge in [0.15, 0.2) is 0 Å². The molecule has 2 aliphatic heterocycles. The molecule has 0 fully saturated rings. The van der Waals surface area contributed by atoms with Gasteiger partial charge in [0.1, 0.15) is 18.0 Å². The predicted molar refractivity (Wildman–Crippen MR) is 84.3 cm³/mol. The second kappa shape index (κ2) is 6.38. The van der Waals surface area contributed by atoms with Gasteiger partial charge in [0.2, 0.25) is 11.6 Å². The lowest BCUT2D eigenvalue weighted by Crippen LogP contribution is -2.43. The number of ketones is 1. The molecule has 1 aromatic carbocycles. The van der Waals surface area contributed by atoms with E-state index < -0.39 is 0 Å². The third-order valence-corrected chi connectivity index (χ3v) is 4.46. The van der Waals surface area contributed by atoms with Crippen LogP contribution in [0.2, 0.25) is 0 Å². The van der Waals surface area contributed by atoms with Crippen molar-refractivity contribution in [3.63, 3.8) is 0 Å². The number of carbonyl (C=O) groups is 1. The van der Waals surface area contributed by atoms with Crippen molar-refractivity contribution in [2.24, 2.45) is 0 Å². The first-order valence-electron chi connectivity index (χ1n) is 7.84. The van der Waals surface area contributed by atoms with Crippen molar-refractivity contribution in [2.75, 3.05) is 40.4 Å². The van der Waals surface area contributed by atoms with E-state index in [-0.39, 0.29) is 5.78 Å². The Kier molecular flexibility index (Phi) is 4.32. The molecule has 2 aliphatic rings. The molecule has 0 amide bonds. The lowest BCUT2D eigenvalue weighted by Gasteiger charge is -2.23. The van der Waals surface area contributed by atoms with Crippen LogP contribution < -0.4 is 9.47 Å². The molecule has 0 aliphatic carbocycles. The molecule has 5 heteroatoms. The minimum absolute atomic E-state index is 0.0979. The molecule has 0 atom stereocenters. The maximum atomic E-state index is 12.7. The molecule has 0 aromatic heterocycles. The summed E-state index contributed by atoms with van der Waals surface area (Å²) in [6, 6.07) is 5.36. The van der Waals surface area contributed by atoms with Gasteiger partial charge in [-0.3, -0.25) is 14.3 Å². The van der Waals surface area contributed by atoms with Gasteiger partial charge in [-0.25, -0.2) is 0 Å². The van der Waals surface area contributed by atoms with E-state index in [1.807, 2.05) is 0 Å². The zero-order valence-corrected chi connectivity index (χ0v) is 13.3. The highest BCUT2D eigenvalue weighted by atomic mass is 16.5. The lowest BCUT2D eigenvalue weighted by molar-refractivity contribution is -0.529. The van der Waals surface area contributed by atoms with Crippen molar-refractivity contribution in [3.8, 4) is 11.5 Å². The number of nitrogens with zero attached hydrogens (tertiary/aromatic N) is 2. The van der Waals surface area contributed by atoms with Crippen LogP contribution in [-0.2, 0) is 0 Å². The number of ether oxygens (including phenoxy) is 2. The highest BCUT2D eigenvalue weighted by Gasteiger charge is 2.33. The van der Waals surface area contributed by atoms with Crippen molar-refractivity contribution in [1.82, 2.24) is 4.90 Å². The lowest BCUT2D eigenvalue weighted by atomic mass is 10.1. The van der Waals surface area contributed by atoms with E-state index >= 15 is 0 Å². The Morgan fingerprint density at radius 3 is 2.82 bits per heavy atom. The number of Topliss-reactive ketones (excluding diaryl/α,β-unsaturated/α-hetero) is 1. The molecule has 0 N–H and O–H groups in total. The van der Waals surface area contributed by atoms with E-state index in [4.69, 9.17) is 9.47 Å². The van der Waals surface area contributed by atoms with Gasteiger partial charge < -0.3 is 9.47 Å². The number of hydrogen-bond donors (Lipinski definition) is 0. The van der Waals surface area contributed by atoms with Gasteiger partial charge in [-0.05, 0) is 18.6 Å². The number of hydrogen-bond acceptors (Lipinski definition) is 4. The van der Waals surface area contributed by atoms with Crippen LogP contribution in [-0.4, -0.2) is 61.5 Å². The Bertz CT molecular complexity index is 610. The van der Waals surface area contributed by atoms with E-state index in [2.05, 4.69) is 9.48 Å². The van der Waals surface area contributed by atoms with Gasteiger partial charge in [-0.1, -0.05) is 0 Å². The van der Waals surface area contributed by atoms with E-state index in [1.54, 1.807) is 32.4 Å². The van der Waals surface area contributed by atoms with Crippen LogP contribution in [0.15, 0.2) is 18.2 Å². The minimum atomic E-state index is 0.0979. The number of methoxy groups -OCH3 is 2. The Morgan fingerprint density at radius 1 is 1.23 bits per heavy atom. The van der Waals surface area contributed by atoms with Crippen LogP contribution >= 0.6 is 0 Å². The first kappa shape index (κ1) is 14.9. The average Bonchev–Trinajstić information content (AvgIpc) is 3.03. The first-order valence-corrected chi connectivity index (χ1v) is 7.84. The second-order valence-corrected chi connectivity index (χ2v) is 5.77. The van der Waals surface area contributed by atoms with Crippen molar-refractivity contribution in [1.29, 1.82) is 0 Å². The molecule has 0 bridgehead atoms. The van der Waals surface area contributed by atoms with Gasteiger partial charge in [0.05, 0.1) is 45.8 Å². The standard InChI is InChI=1S/C17H23N2O3/c1-21-13-6-7-14(16(11-13)22-2)15(20)12-19-10-4-9-18-8-3-5-17(18)19/h6-7,11H,3-5,8-10,12H2,1-2H3/q+1. The maximum Gasteiger partial charge on any atom is 0.247 e. The zero-order chi connectivity index (χ0) is 15.5. The summed E-state index contributed by atoms with van der Waals surface area (Å²) in [6.07, 6.45) is 3.41. The van der Waals surface area contributed by atoms with Crippen LogP contribution in [0.1, 0.15) is 29.6 Å². The summed E-state index contributed by atoms with van der Waals surface area (Å²) < 4.78 is 13.0. The second-order valence-electron chi connectivity index (χ2n) is 5.77. The van der Waals surface area contributed by atoms with Crippen molar-refractivity contribution in [2.45, 2.75) is 19.3 Å². The molecule has 5 nitrogen and oxygen atoms in total. The van der Waals surface area contributed by atoms with Crippen LogP contribution in [0.5, 0.6) is 11.5 Å². The number of rotatable bonds is 5. The largest absolute Gasteiger partial charge is 0.497 e. The summed E-state index contributed by atoms with van der Waals surface area (Å²) in [4.78, 5) is 14.9. The summed E-state index contributed by atoms with van der Waals surface area (Å²) in [5, 5.41) is 0. The summed E-state index contributed by atoms with van der Waals surface area (Å²) >= 11 is 0. The fourth-order valence-corrected chi connectivity index (χ4v) is 3.35. The summed E-state index contributed by atoms with van der Waals surface area (Å²) in [7, 11) is 3.19. The summed E-state index contributed by atoms with van der Waals surface area (Å²) in [5.74, 6) is 2.71. The van der Waals surface area contributed by atoms with Crippen molar-refractivity contribution < 1.29 is 18.8 Å². The topological polar surface area (TPSA) is 41.8 Å². The Hall–Kier alpha value is -2.04. The molecule has 0 saturated heterocycles. The number of amidine groups is 1. The highest BCUT2D eigenvalue weighted by Crippen LogP contribution is 2.25. The first-order chi connectivity index (χ1) is 10.7. The quantitative estimate of drug-likeness (QED) is 0.614. The maximum absolute atomic E-state index is 12.7. The Morgan fingerprint density at radius 2 is 2.05 bits per heavy atom. The van der Waals surface area contributed by atoms with E-state index in [0.29, 0.717) is 23.6 Å². The Balaban J connectivity index is 1.78.